The molecule has 110 valence electrons. The van der Waals surface area contributed by atoms with Crippen LogP contribution in [0.5, 0.6) is 17.2 Å². The highest BCUT2D eigenvalue weighted by Gasteiger charge is 2.17. The van der Waals surface area contributed by atoms with Crippen LogP contribution in [0.4, 0.5) is 5.69 Å². The molecule has 0 unspecified atom stereocenters. The molecular weight excluding hydrogens is 270 g/mol. The van der Waals surface area contributed by atoms with E-state index in [0.29, 0.717) is 34.1 Å². The second-order valence-electron chi connectivity index (χ2n) is 4.32. The number of hydrogen-bond donors (Lipinski definition) is 1. The molecule has 0 radical (unpaired) electrons. The first-order chi connectivity index (χ1) is 10.1. The van der Waals surface area contributed by atoms with Crippen molar-refractivity contribution in [3.05, 3.63) is 47.5 Å². The van der Waals surface area contributed by atoms with Crippen molar-refractivity contribution in [2.24, 2.45) is 0 Å². The minimum absolute atomic E-state index is 0.202. The normalized spacial score (nSPS) is 10.0. The van der Waals surface area contributed by atoms with Gasteiger partial charge < -0.3 is 19.9 Å². The Hall–Kier alpha value is -2.69. The second-order valence-corrected chi connectivity index (χ2v) is 4.32. The summed E-state index contributed by atoms with van der Waals surface area (Å²) >= 11 is 0. The zero-order valence-electron chi connectivity index (χ0n) is 12.2. The Balaban J connectivity index is 2.45. The fourth-order valence-electron chi connectivity index (χ4n) is 2.05. The summed E-state index contributed by atoms with van der Waals surface area (Å²) < 4.78 is 15.5. The first kappa shape index (κ1) is 14.7. The van der Waals surface area contributed by atoms with Gasteiger partial charge in [0.2, 0.25) is 0 Å². The number of ketones is 1. The summed E-state index contributed by atoms with van der Waals surface area (Å²) in [6.07, 6.45) is 0. The number of hydrogen-bond acceptors (Lipinski definition) is 5. The molecule has 5 heteroatoms. The number of para-hydroxylation sites is 1. The lowest BCUT2D eigenvalue weighted by Gasteiger charge is -2.11. The van der Waals surface area contributed by atoms with E-state index in [9.17, 15) is 4.79 Å². The van der Waals surface area contributed by atoms with Crippen LogP contribution in [-0.2, 0) is 0 Å². The summed E-state index contributed by atoms with van der Waals surface area (Å²) in [7, 11) is 4.57. The minimum Gasteiger partial charge on any atom is -0.495 e. The molecule has 0 fully saturated rings. The van der Waals surface area contributed by atoms with Crippen molar-refractivity contribution >= 4 is 11.5 Å². The number of nitrogens with two attached hydrogens (primary N) is 1. The van der Waals surface area contributed by atoms with E-state index in [1.165, 1.54) is 14.2 Å². The number of ether oxygens (including phenoxy) is 3. The highest BCUT2D eigenvalue weighted by Crippen LogP contribution is 2.31. The number of methoxy groups -OCH3 is 3. The summed E-state index contributed by atoms with van der Waals surface area (Å²) in [4.78, 5) is 12.6. The molecule has 0 aliphatic heterocycles. The van der Waals surface area contributed by atoms with E-state index in [4.69, 9.17) is 19.9 Å². The molecule has 2 N–H and O–H groups in total. The molecule has 0 saturated heterocycles. The summed E-state index contributed by atoms with van der Waals surface area (Å²) in [6.45, 7) is 0. The maximum absolute atomic E-state index is 12.6. The molecule has 0 aromatic heterocycles. The Labute approximate surface area is 123 Å². The largest absolute Gasteiger partial charge is 0.495 e. The van der Waals surface area contributed by atoms with Crippen molar-refractivity contribution in [2.75, 3.05) is 27.1 Å². The van der Waals surface area contributed by atoms with Gasteiger partial charge in [0, 0.05) is 11.1 Å². The molecule has 0 spiro atoms. The van der Waals surface area contributed by atoms with E-state index in [-0.39, 0.29) is 5.78 Å². The third-order valence-electron chi connectivity index (χ3n) is 3.18. The van der Waals surface area contributed by atoms with Crippen LogP contribution in [0.2, 0.25) is 0 Å². The van der Waals surface area contributed by atoms with Crippen molar-refractivity contribution in [1.29, 1.82) is 0 Å². The predicted molar refractivity (Wildman–Crippen MR) is 80.4 cm³/mol. The molecule has 0 heterocycles. The van der Waals surface area contributed by atoms with Gasteiger partial charge in [-0.2, -0.15) is 0 Å². The van der Waals surface area contributed by atoms with Gasteiger partial charge in [-0.1, -0.05) is 6.07 Å². The number of rotatable bonds is 5. The van der Waals surface area contributed by atoms with Crippen molar-refractivity contribution in [1.82, 2.24) is 0 Å². The lowest BCUT2D eigenvalue weighted by molar-refractivity contribution is 0.103. The summed E-state index contributed by atoms with van der Waals surface area (Å²) in [5.74, 6) is 1.33. The van der Waals surface area contributed by atoms with Gasteiger partial charge in [-0.05, 0) is 30.3 Å². The van der Waals surface area contributed by atoms with Gasteiger partial charge in [-0.3, -0.25) is 4.79 Å². The molecule has 5 nitrogen and oxygen atoms in total. The molecule has 0 atom stereocenters. The van der Waals surface area contributed by atoms with Crippen molar-refractivity contribution in [3.63, 3.8) is 0 Å². The Bertz CT molecular complexity index is 667. The Morgan fingerprint density at radius 1 is 0.905 bits per heavy atom. The van der Waals surface area contributed by atoms with Crippen LogP contribution in [0.25, 0.3) is 0 Å². The lowest BCUT2D eigenvalue weighted by Crippen LogP contribution is -2.07. The lowest BCUT2D eigenvalue weighted by atomic mass is 10.0. The van der Waals surface area contributed by atoms with Crippen molar-refractivity contribution < 1.29 is 19.0 Å². The van der Waals surface area contributed by atoms with Crippen molar-refractivity contribution in [3.8, 4) is 17.2 Å². The summed E-state index contributed by atoms with van der Waals surface area (Å²) in [5.41, 5.74) is 7.13. The molecule has 2 rings (SSSR count). The topological polar surface area (TPSA) is 70.8 Å². The Morgan fingerprint density at radius 2 is 1.57 bits per heavy atom. The minimum atomic E-state index is -0.202. The number of benzene rings is 2. The van der Waals surface area contributed by atoms with Crippen LogP contribution in [0, 0.1) is 0 Å². The third kappa shape index (κ3) is 2.76. The van der Waals surface area contributed by atoms with E-state index in [1.54, 1.807) is 43.5 Å². The van der Waals surface area contributed by atoms with Gasteiger partial charge in [0.15, 0.2) is 17.3 Å². The average molecular weight is 287 g/mol. The van der Waals surface area contributed by atoms with Gasteiger partial charge in [-0.25, -0.2) is 0 Å². The number of nitrogen functional groups attached to an aromatic ring is 1. The van der Waals surface area contributed by atoms with Crippen LogP contribution in [0.1, 0.15) is 15.9 Å². The summed E-state index contributed by atoms with van der Waals surface area (Å²) in [5, 5.41) is 0. The molecule has 0 bridgehead atoms. The van der Waals surface area contributed by atoms with Crippen LogP contribution in [-0.4, -0.2) is 27.1 Å². The molecule has 2 aromatic rings. The molecule has 0 saturated carbocycles. The molecular formula is C16H17NO4. The first-order valence-electron chi connectivity index (χ1n) is 6.31. The number of anilines is 1. The molecule has 21 heavy (non-hydrogen) atoms. The maximum atomic E-state index is 12.6. The second kappa shape index (κ2) is 6.17. The zero-order valence-corrected chi connectivity index (χ0v) is 12.2. The van der Waals surface area contributed by atoms with Gasteiger partial charge in [0.05, 0.1) is 27.0 Å². The molecule has 0 aliphatic carbocycles. The van der Waals surface area contributed by atoms with Gasteiger partial charge >= 0.3 is 0 Å². The highest BCUT2D eigenvalue weighted by atomic mass is 16.5. The van der Waals surface area contributed by atoms with Crippen LogP contribution >= 0.6 is 0 Å². The Kier molecular flexibility index (Phi) is 4.33. The molecule has 0 aliphatic rings. The quantitative estimate of drug-likeness (QED) is 0.676. The average Bonchev–Trinajstić information content (AvgIpc) is 2.53. The van der Waals surface area contributed by atoms with E-state index in [0.717, 1.165) is 0 Å². The van der Waals surface area contributed by atoms with E-state index < -0.39 is 0 Å². The van der Waals surface area contributed by atoms with Gasteiger partial charge in [0.1, 0.15) is 5.75 Å². The standard InChI is InChI=1S/C16H17NO4/c1-19-12-8-7-10(9-14(12)21-3)16(18)11-5-4-6-13(20-2)15(11)17/h4-9H,17H2,1-3H3. The fraction of sp³-hybridized carbons (Fsp3) is 0.188. The number of carbonyl (C=O) groups is 1. The smallest absolute Gasteiger partial charge is 0.195 e. The fourth-order valence-corrected chi connectivity index (χ4v) is 2.05. The van der Waals surface area contributed by atoms with Crippen molar-refractivity contribution in [2.45, 2.75) is 0 Å². The SMILES string of the molecule is COc1ccc(C(=O)c2cccc(OC)c2N)cc1OC. The van der Waals surface area contributed by atoms with Gasteiger partial charge in [-0.15, -0.1) is 0 Å². The van der Waals surface area contributed by atoms with E-state index in [1.807, 2.05) is 0 Å². The third-order valence-corrected chi connectivity index (χ3v) is 3.18. The molecule has 0 amide bonds. The monoisotopic (exact) mass is 287 g/mol. The van der Waals surface area contributed by atoms with E-state index in [2.05, 4.69) is 0 Å². The van der Waals surface area contributed by atoms with Crippen LogP contribution < -0.4 is 19.9 Å². The maximum Gasteiger partial charge on any atom is 0.195 e. The first-order valence-corrected chi connectivity index (χ1v) is 6.31. The highest BCUT2D eigenvalue weighted by molar-refractivity contribution is 6.13. The van der Waals surface area contributed by atoms with Gasteiger partial charge in [0.25, 0.3) is 0 Å². The molecule has 2 aromatic carbocycles. The summed E-state index contributed by atoms with van der Waals surface area (Å²) in [6, 6.07) is 10.1. The zero-order chi connectivity index (χ0) is 15.4. The van der Waals surface area contributed by atoms with Crippen LogP contribution in [0.15, 0.2) is 36.4 Å². The Morgan fingerprint density at radius 3 is 2.19 bits per heavy atom. The number of carbonyl (C=O) groups excluding carboxylic acids is 1. The van der Waals surface area contributed by atoms with Crippen LogP contribution in [0.3, 0.4) is 0 Å². The predicted octanol–water partition coefficient (Wildman–Crippen LogP) is 2.53. The van der Waals surface area contributed by atoms with E-state index >= 15 is 0 Å².